The molecule has 1 atom stereocenters. The molecular weight excluding hydrogens is 249 g/mol. The molecule has 3 nitrogen and oxygen atoms in total. The molecule has 1 N–H and O–H groups in total. The summed E-state index contributed by atoms with van der Waals surface area (Å²) in [6.45, 7) is 1.20. The predicted octanol–water partition coefficient (Wildman–Crippen LogP) is 2.90. The van der Waals surface area contributed by atoms with Crippen molar-refractivity contribution in [3.8, 4) is 0 Å². The van der Waals surface area contributed by atoms with Gasteiger partial charge in [0, 0.05) is 18.1 Å². The Balaban J connectivity index is 2.20. The zero-order valence-electron chi connectivity index (χ0n) is 8.49. The first-order valence-electron chi connectivity index (χ1n) is 5.00. The van der Waals surface area contributed by atoms with Crippen LogP contribution in [0.25, 0.3) is 0 Å². The molecule has 1 aromatic carbocycles. The second kappa shape index (κ2) is 4.52. The van der Waals surface area contributed by atoms with E-state index < -0.39 is 5.97 Å². The first-order chi connectivity index (χ1) is 7.58. The lowest BCUT2D eigenvalue weighted by Crippen LogP contribution is -2.22. The van der Waals surface area contributed by atoms with Crippen molar-refractivity contribution in [1.29, 1.82) is 0 Å². The van der Waals surface area contributed by atoms with E-state index in [4.69, 9.17) is 28.3 Å². The zero-order valence-corrected chi connectivity index (χ0v) is 10.0. The maximum Gasteiger partial charge on any atom is 0.308 e. The first-order valence-corrected chi connectivity index (χ1v) is 5.76. The van der Waals surface area contributed by atoms with Crippen LogP contribution in [0.15, 0.2) is 18.2 Å². The third-order valence-electron chi connectivity index (χ3n) is 2.79. The summed E-state index contributed by atoms with van der Waals surface area (Å²) in [7, 11) is 0. The largest absolute Gasteiger partial charge is 0.481 e. The Bertz CT molecular complexity index is 422. The molecule has 1 saturated heterocycles. The number of benzene rings is 1. The van der Waals surface area contributed by atoms with Crippen molar-refractivity contribution in [2.45, 2.75) is 6.42 Å². The summed E-state index contributed by atoms with van der Waals surface area (Å²) in [6.07, 6.45) is 0.651. The molecule has 1 aliphatic heterocycles. The van der Waals surface area contributed by atoms with Gasteiger partial charge >= 0.3 is 5.97 Å². The minimum Gasteiger partial charge on any atom is -0.481 e. The topological polar surface area (TPSA) is 40.5 Å². The monoisotopic (exact) mass is 259 g/mol. The van der Waals surface area contributed by atoms with Gasteiger partial charge in [0.2, 0.25) is 0 Å². The van der Waals surface area contributed by atoms with E-state index in [2.05, 4.69) is 0 Å². The van der Waals surface area contributed by atoms with E-state index in [1.165, 1.54) is 0 Å². The highest BCUT2D eigenvalue weighted by atomic mass is 35.5. The number of nitrogens with zero attached hydrogens (tertiary/aromatic N) is 1. The highest BCUT2D eigenvalue weighted by Crippen LogP contribution is 2.32. The summed E-state index contributed by atoms with van der Waals surface area (Å²) in [6, 6.07) is 5.22. The second-order valence-electron chi connectivity index (χ2n) is 3.87. The van der Waals surface area contributed by atoms with Gasteiger partial charge in [0.1, 0.15) is 0 Å². The van der Waals surface area contributed by atoms with Gasteiger partial charge in [-0.15, -0.1) is 0 Å². The average Bonchev–Trinajstić information content (AvgIpc) is 2.70. The number of rotatable bonds is 2. The van der Waals surface area contributed by atoms with E-state index in [0.717, 1.165) is 5.69 Å². The Morgan fingerprint density at radius 1 is 1.44 bits per heavy atom. The minimum atomic E-state index is -0.749. The molecule has 86 valence electrons. The predicted molar refractivity (Wildman–Crippen MR) is 64.4 cm³/mol. The quantitative estimate of drug-likeness (QED) is 0.888. The molecule has 0 bridgehead atoms. The Kier molecular flexibility index (Phi) is 3.26. The van der Waals surface area contributed by atoms with Crippen LogP contribution in [0.4, 0.5) is 5.69 Å². The fourth-order valence-electron chi connectivity index (χ4n) is 1.91. The lowest BCUT2D eigenvalue weighted by Gasteiger charge is -2.19. The maximum atomic E-state index is 10.8. The van der Waals surface area contributed by atoms with Crippen LogP contribution in [0.3, 0.4) is 0 Å². The summed E-state index contributed by atoms with van der Waals surface area (Å²) < 4.78 is 0. The number of aliphatic carboxylic acids is 1. The fourth-order valence-corrected chi connectivity index (χ4v) is 2.31. The molecule has 1 unspecified atom stereocenters. The third-order valence-corrected chi connectivity index (χ3v) is 3.34. The van der Waals surface area contributed by atoms with E-state index in [1.807, 2.05) is 4.90 Å². The molecule has 0 amide bonds. The molecule has 0 radical (unpaired) electrons. The van der Waals surface area contributed by atoms with E-state index in [-0.39, 0.29) is 5.92 Å². The van der Waals surface area contributed by atoms with Crippen LogP contribution in [0.2, 0.25) is 10.0 Å². The molecule has 16 heavy (non-hydrogen) atoms. The lowest BCUT2D eigenvalue weighted by atomic mass is 10.1. The van der Waals surface area contributed by atoms with Crippen LogP contribution >= 0.6 is 23.2 Å². The Morgan fingerprint density at radius 3 is 2.81 bits per heavy atom. The number of halogens is 2. The van der Waals surface area contributed by atoms with Gasteiger partial charge in [-0.05, 0) is 24.6 Å². The number of anilines is 1. The molecule has 2 rings (SSSR count). The van der Waals surface area contributed by atoms with Gasteiger partial charge in [0.25, 0.3) is 0 Å². The highest BCUT2D eigenvalue weighted by molar-refractivity contribution is 6.35. The molecule has 0 saturated carbocycles. The maximum absolute atomic E-state index is 10.8. The van der Waals surface area contributed by atoms with E-state index >= 15 is 0 Å². The molecule has 5 heteroatoms. The van der Waals surface area contributed by atoms with Gasteiger partial charge in [0.15, 0.2) is 0 Å². The standard InChI is InChI=1S/C11H11Cl2NO2/c12-8-1-2-9(13)10(5-8)14-4-3-7(6-14)11(15)16/h1-2,5,7H,3-4,6H2,(H,15,16). The summed E-state index contributed by atoms with van der Waals surface area (Å²) in [5.41, 5.74) is 0.818. The number of carbonyl (C=O) groups is 1. The smallest absolute Gasteiger partial charge is 0.308 e. The van der Waals surface area contributed by atoms with Crippen molar-refractivity contribution < 1.29 is 9.90 Å². The van der Waals surface area contributed by atoms with Crippen LogP contribution in [0.5, 0.6) is 0 Å². The van der Waals surface area contributed by atoms with Gasteiger partial charge in [-0.1, -0.05) is 23.2 Å². The SMILES string of the molecule is O=C(O)C1CCN(c2cc(Cl)ccc2Cl)C1. The number of hydrogen-bond acceptors (Lipinski definition) is 2. The van der Waals surface area contributed by atoms with E-state index in [1.54, 1.807) is 18.2 Å². The van der Waals surface area contributed by atoms with Crippen molar-refractivity contribution in [3.05, 3.63) is 28.2 Å². The highest BCUT2D eigenvalue weighted by Gasteiger charge is 2.28. The van der Waals surface area contributed by atoms with Crippen LogP contribution in [0.1, 0.15) is 6.42 Å². The lowest BCUT2D eigenvalue weighted by molar-refractivity contribution is -0.140. The van der Waals surface area contributed by atoms with Gasteiger partial charge in [-0.2, -0.15) is 0 Å². The van der Waals surface area contributed by atoms with Gasteiger partial charge in [-0.25, -0.2) is 0 Å². The first kappa shape index (κ1) is 11.6. The summed E-state index contributed by atoms with van der Waals surface area (Å²) in [5.74, 6) is -1.06. The van der Waals surface area contributed by atoms with E-state index in [9.17, 15) is 4.79 Å². The van der Waals surface area contributed by atoms with Gasteiger partial charge < -0.3 is 10.0 Å². The molecule has 1 aromatic rings. The summed E-state index contributed by atoms with van der Waals surface area (Å²) in [4.78, 5) is 12.8. The molecule has 0 spiro atoms. The van der Waals surface area contributed by atoms with Gasteiger partial charge in [-0.3, -0.25) is 4.79 Å². The van der Waals surface area contributed by atoms with E-state index in [0.29, 0.717) is 29.6 Å². The van der Waals surface area contributed by atoms with Gasteiger partial charge in [0.05, 0.1) is 16.6 Å². The molecule has 1 aliphatic rings. The van der Waals surface area contributed by atoms with Crippen LogP contribution in [0, 0.1) is 5.92 Å². The number of hydrogen-bond donors (Lipinski definition) is 1. The van der Waals surface area contributed by atoms with Crippen molar-refractivity contribution in [1.82, 2.24) is 0 Å². The van der Waals surface area contributed by atoms with Crippen LogP contribution < -0.4 is 4.90 Å². The van der Waals surface area contributed by atoms with Crippen molar-refractivity contribution >= 4 is 34.9 Å². The normalized spacial score (nSPS) is 20.1. The zero-order chi connectivity index (χ0) is 11.7. The Hall–Kier alpha value is -0.930. The molecule has 0 aliphatic carbocycles. The van der Waals surface area contributed by atoms with Crippen molar-refractivity contribution in [2.24, 2.45) is 5.92 Å². The number of carboxylic acids is 1. The summed E-state index contributed by atoms with van der Waals surface area (Å²) >= 11 is 11.9. The second-order valence-corrected chi connectivity index (χ2v) is 4.71. The number of carboxylic acid groups (broad SMARTS) is 1. The van der Waals surface area contributed by atoms with Crippen molar-refractivity contribution in [2.75, 3.05) is 18.0 Å². The Labute approximate surface area is 104 Å². The molecule has 1 fully saturated rings. The molecule has 1 heterocycles. The third kappa shape index (κ3) is 2.25. The molecule has 0 aromatic heterocycles. The fraction of sp³-hybridized carbons (Fsp3) is 0.364. The van der Waals surface area contributed by atoms with Crippen LogP contribution in [-0.4, -0.2) is 24.2 Å². The Morgan fingerprint density at radius 2 is 2.19 bits per heavy atom. The average molecular weight is 260 g/mol. The van der Waals surface area contributed by atoms with Crippen molar-refractivity contribution in [3.63, 3.8) is 0 Å². The minimum absolute atomic E-state index is 0.310. The molecular formula is C11H11Cl2NO2. The van der Waals surface area contributed by atoms with Crippen LogP contribution in [-0.2, 0) is 4.79 Å². The summed E-state index contributed by atoms with van der Waals surface area (Å²) in [5, 5.41) is 10.1.